The lowest BCUT2D eigenvalue weighted by molar-refractivity contribution is 0.200. The summed E-state index contributed by atoms with van der Waals surface area (Å²) < 4.78 is 5.28. The minimum Gasteiger partial charge on any atom is -0.496 e. The second-order valence-electron chi connectivity index (χ2n) is 3.83. The molecule has 1 unspecified atom stereocenters. The Morgan fingerprint density at radius 1 is 1.40 bits per heavy atom. The standard InChI is InChI=1S/C12H17BrO2/c1-8(2)9-4-5-10(11(14)7-13)12(6-9)15-3/h4-6,8,11,14H,7H2,1-3H3. The molecule has 0 heterocycles. The minimum atomic E-state index is -0.513. The number of aliphatic hydroxyl groups is 1. The number of hydrogen-bond acceptors (Lipinski definition) is 2. The topological polar surface area (TPSA) is 29.5 Å². The van der Waals surface area contributed by atoms with Crippen LogP contribution >= 0.6 is 15.9 Å². The van der Waals surface area contributed by atoms with Crippen LogP contribution in [0.5, 0.6) is 5.75 Å². The van der Waals surface area contributed by atoms with Crippen molar-refractivity contribution < 1.29 is 9.84 Å². The third-order valence-electron chi connectivity index (χ3n) is 2.43. The monoisotopic (exact) mass is 272 g/mol. The highest BCUT2D eigenvalue weighted by molar-refractivity contribution is 9.09. The predicted molar refractivity (Wildman–Crippen MR) is 65.8 cm³/mol. The number of ether oxygens (including phenoxy) is 1. The average molecular weight is 273 g/mol. The van der Waals surface area contributed by atoms with Gasteiger partial charge in [0, 0.05) is 10.9 Å². The molecule has 0 spiro atoms. The van der Waals surface area contributed by atoms with Gasteiger partial charge in [-0.3, -0.25) is 0 Å². The van der Waals surface area contributed by atoms with E-state index in [0.717, 1.165) is 11.3 Å². The average Bonchev–Trinajstić information content (AvgIpc) is 2.27. The molecule has 1 rings (SSSR count). The largest absolute Gasteiger partial charge is 0.496 e. The van der Waals surface area contributed by atoms with E-state index in [2.05, 4.69) is 29.8 Å². The summed E-state index contributed by atoms with van der Waals surface area (Å²) in [6.45, 7) is 4.27. The van der Waals surface area contributed by atoms with Gasteiger partial charge in [-0.05, 0) is 17.5 Å². The van der Waals surface area contributed by atoms with E-state index in [9.17, 15) is 5.11 Å². The van der Waals surface area contributed by atoms with Gasteiger partial charge >= 0.3 is 0 Å². The van der Waals surface area contributed by atoms with Gasteiger partial charge in [-0.25, -0.2) is 0 Å². The summed E-state index contributed by atoms with van der Waals surface area (Å²) in [5, 5.41) is 10.3. The van der Waals surface area contributed by atoms with Crippen molar-refractivity contribution in [1.82, 2.24) is 0 Å². The maximum atomic E-state index is 9.74. The third-order valence-corrected chi connectivity index (χ3v) is 3.04. The van der Waals surface area contributed by atoms with Crippen LogP contribution in [0, 0.1) is 0 Å². The number of hydrogen-bond donors (Lipinski definition) is 1. The van der Waals surface area contributed by atoms with Gasteiger partial charge in [0.15, 0.2) is 0 Å². The molecule has 0 saturated heterocycles. The Hall–Kier alpha value is -0.540. The van der Waals surface area contributed by atoms with Crippen LogP contribution in [0.2, 0.25) is 0 Å². The fourth-order valence-corrected chi connectivity index (χ4v) is 1.79. The molecule has 0 saturated carbocycles. The maximum absolute atomic E-state index is 9.74. The molecule has 1 aromatic carbocycles. The lowest BCUT2D eigenvalue weighted by Gasteiger charge is -2.15. The summed E-state index contributed by atoms with van der Waals surface area (Å²) in [7, 11) is 1.63. The summed E-state index contributed by atoms with van der Waals surface area (Å²) in [5.74, 6) is 1.22. The molecular weight excluding hydrogens is 256 g/mol. The van der Waals surface area contributed by atoms with Crippen LogP contribution in [0.4, 0.5) is 0 Å². The van der Waals surface area contributed by atoms with Gasteiger partial charge in [0.1, 0.15) is 5.75 Å². The van der Waals surface area contributed by atoms with E-state index in [0.29, 0.717) is 11.2 Å². The number of benzene rings is 1. The van der Waals surface area contributed by atoms with Crippen molar-refractivity contribution in [2.24, 2.45) is 0 Å². The van der Waals surface area contributed by atoms with Crippen molar-refractivity contribution in [1.29, 1.82) is 0 Å². The fraction of sp³-hybridized carbons (Fsp3) is 0.500. The Bertz CT molecular complexity index is 323. The van der Waals surface area contributed by atoms with Gasteiger partial charge in [0.2, 0.25) is 0 Å². The number of methoxy groups -OCH3 is 1. The SMILES string of the molecule is COc1cc(C(C)C)ccc1C(O)CBr. The van der Waals surface area contributed by atoms with Crippen molar-refractivity contribution in [2.75, 3.05) is 12.4 Å². The van der Waals surface area contributed by atoms with Crippen LogP contribution in [0.15, 0.2) is 18.2 Å². The lowest BCUT2D eigenvalue weighted by Crippen LogP contribution is -2.02. The smallest absolute Gasteiger partial charge is 0.124 e. The molecule has 0 aliphatic rings. The Morgan fingerprint density at radius 3 is 2.53 bits per heavy atom. The van der Waals surface area contributed by atoms with E-state index < -0.39 is 6.10 Å². The zero-order valence-electron chi connectivity index (χ0n) is 9.33. The molecule has 3 heteroatoms. The highest BCUT2D eigenvalue weighted by Crippen LogP contribution is 2.29. The van der Waals surface area contributed by atoms with Crippen LogP contribution in [0.1, 0.15) is 37.0 Å². The van der Waals surface area contributed by atoms with E-state index in [1.165, 1.54) is 5.56 Å². The van der Waals surface area contributed by atoms with Crippen LogP contribution in [0.25, 0.3) is 0 Å². The van der Waals surface area contributed by atoms with Crippen molar-refractivity contribution in [2.45, 2.75) is 25.9 Å². The van der Waals surface area contributed by atoms with Crippen molar-refractivity contribution in [3.8, 4) is 5.75 Å². The predicted octanol–water partition coefficient (Wildman–Crippen LogP) is 3.25. The second kappa shape index (κ2) is 5.52. The van der Waals surface area contributed by atoms with Crippen molar-refractivity contribution in [3.05, 3.63) is 29.3 Å². The molecule has 0 amide bonds. The normalized spacial score (nSPS) is 12.9. The van der Waals surface area contributed by atoms with E-state index in [-0.39, 0.29) is 0 Å². The fourth-order valence-electron chi connectivity index (χ4n) is 1.45. The summed E-state index contributed by atoms with van der Waals surface area (Å²) in [6.07, 6.45) is -0.513. The van der Waals surface area contributed by atoms with Gasteiger partial charge in [0.05, 0.1) is 13.2 Å². The van der Waals surface area contributed by atoms with Gasteiger partial charge in [-0.1, -0.05) is 41.9 Å². The second-order valence-corrected chi connectivity index (χ2v) is 4.47. The molecule has 0 radical (unpaired) electrons. The lowest BCUT2D eigenvalue weighted by atomic mass is 9.99. The van der Waals surface area contributed by atoms with Crippen molar-refractivity contribution >= 4 is 15.9 Å². The summed E-state index contributed by atoms with van der Waals surface area (Å²) in [6, 6.07) is 5.96. The Kier molecular flexibility index (Phi) is 4.61. The summed E-state index contributed by atoms with van der Waals surface area (Å²) in [4.78, 5) is 0. The molecule has 0 bridgehead atoms. The van der Waals surface area contributed by atoms with Crippen molar-refractivity contribution in [3.63, 3.8) is 0 Å². The molecule has 0 aliphatic heterocycles. The number of rotatable bonds is 4. The molecule has 0 aliphatic carbocycles. The van der Waals surface area contributed by atoms with Gasteiger partial charge in [-0.2, -0.15) is 0 Å². The maximum Gasteiger partial charge on any atom is 0.124 e. The molecule has 0 fully saturated rings. The molecule has 84 valence electrons. The van der Waals surface area contributed by atoms with Gasteiger partial charge < -0.3 is 9.84 Å². The summed E-state index contributed by atoms with van der Waals surface area (Å²) >= 11 is 3.26. The molecule has 1 N–H and O–H groups in total. The van der Waals surface area contributed by atoms with Crippen LogP contribution < -0.4 is 4.74 Å². The number of aliphatic hydroxyl groups excluding tert-OH is 1. The first kappa shape index (κ1) is 12.5. The highest BCUT2D eigenvalue weighted by Gasteiger charge is 2.13. The zero-order valence-corrected chi connectivity index (χ0v) is 10.9. The molecule has 0 aromatic heterocycles. The molecule has 2 nitrogen and oxygen atoms in total. The molecule has 1 aromatic rings. The first-order chi connectivity index (χ1) is 7.10. The van der Waals surface area contributed by atoms with Crippen LogP contribution in [-0.2, 0) is 0 Å². The van der Waals surface area contributed by atoms with E-state index in [4.69, 9.17) is 4.74 Å². The van der Waals surface area contributed by atoms with E-state index in [1.807, 2.05) is 18.2 Å². The van der Waals surface area contributed by atoms with E-state index in [1.54, 1.807) is 7.11 Å². The number of halogens is 1. The zero-order chi connectivity index (χ0) is 11.4. The Balaban J connectivity index is 3.09. The third kappa shape index (κ3) is 2.95. The van der Waals surface area contributed by atoms with Gasteiger partial charge in [0.25, 0.3) is 0 Å². The van der Waals surface area contributed by atoms with E-state index >= 15 is 0 Å². The molecular formula is C12H17BrO2. The van der Waals surface area contributed by atoms with Gasteiger partial charge in [-0.15, -0.1) is 0 Å². The first-order valence-electron chi connectivity index (χ1n) is 5.02. The highest BCUT2D eigenvalue weighted by atomic mass is 79.9. The number of alkyl halides is 1. The Morgan fingerprint density at radius 2 is 2.07 bits per heavy atom. The van der Waals surface area contributed by atoms with Crippen LogP contribution in [0.3, 0.4) is 0 Å². The summed E-state index contributed by atoms with van der Waals surface area (Å²) in [5.41, 5.74) is 2.05. The first-order valence-corrected chi connectivity index (χ1v) is 6.14. The van der Waals surface area contributed by atoms with Crippen LogP contribution in [-0.4, -0.2) is 17.5 Å². The quantitative estimate of drug-likeness (QED) is 0.853. The Labute approximate surface area is 99.4 Å². The minimum absolute atomic E-state index is 0.467. The molecule has 1 atom stereocenters. The molecule has 15 heavy (non-hydrogen) atoms.